The summed E-state index contributed by atoms with van der Waals surface area (Å²) in [4.78, 5) is 62.1. The minimum atomic E-state index is -0.807. The number of hydrogen-bond donors (Lipinski definition) is 1. The average Bonchev–Trinajstić information content (AvgIpc) is 3.11. The van der Waals surface area contributed by atoms with Gasteiger partial charge in [-0.15, -0.1) is 0 Å². The molecule has 0 radical (unpaired) electrons. The van der Waals surface area contributed by atoms with Crippen LogP contribution in [0.4, 0.5) is 17.1 Å². The second-order valence-electron chi connectivity index (χ2n) is 8.95. The number of amides is 3. The van der Waals surface area contributed by atoms with Crippen LogP contribution in [0.3, 0.4) is 0 Å². The van der Waals surface area contributed by atoms with Crippen LogP contribution in [0.5, 0.6) is 5.75 Å². The summed E-state index contributed by atoms with van der Waals surface area (Å²) in [6, 6.07) is 9.66. The van der Waals surface area contributed by atoms with Crippen molar-refractivity contribution in [3.05, 3.63) is 58.1 Å². The molecule has 1 saturated carbocycles. The largest absolute Gasteiger partial charge is 0.497 e. The van der Waals surface area contributed by atoms with Crippen LogP contribution >= 0.6 is 0 Å². The number of carbonyl (C=O) groups excluding carboxylic acids is 4. The van der Waals surface area contributed by atoms with E-state index >= 15 is 0 Å². The first kappa shape index (κ1) is 24.8. The summed E-state index contributed by atoms with van der Waals surface area (Å²) in [5.74, 6) is -1.91. The number of methoxy groups -OCH3 is 1. The van der Waals surface area contributed by atoms with Crippen molar-refractivity contribution in [2.24, 2.45) is 17.8 Å². The highest BCUT2D eigenvalue weighted by Gasteiger charge is 2.49. The zero-order valence-electron chi connectivity index (χ0n) is 19.8. The highest BCUT2D eigenvalue weighted by atomic mass is 16.6. The number of carbonyl (C=O) groups is 4. The standard InChI is InChI=1S/C25H25N3O8/c1-14-3-9-18-19(11-14)24(31)27(23(18)30)16-6-4-15(5-7-16)25(32)36-13-22(29)26-20-12-17(35-2)8-10-21(20)28(33)34/h4-8,10,12,14,18-19H,3,9,11,13H2,1-2H3,(H,26,29)/t14-,18+,19-/m0/s1. The van der Waals surface area contributed by atoms with Crippen molar-refractivity contribution >= 4 is 40.8 Å². The van der Waals surface area contributed by atoms with Crippen LogP contribution in [0.1, 0.15) is 36.5 Å². The van der Waals surface area contributed by atoms with Crippen LogP contribution in [0.25, 0.3) is 0 Å². The van der Waals surface area contributed by atoms with Crippen LogP contribution in [0.15, 0.2) is 42.5 Å². The molecule has 3 atom stereocenters. The van der Waals surface area contributed by atoms with Crippen molar-refractivity contribution in [1.29, 1.82) is 0 Å². The molecule has 0 spiro atoms. The monoisotopic (exact) mass is 495 g/mol. The molecule has 188 valence electrons. The van der Waals surface area contributed by atoms with Crippen molar-refractivity contribution < 1.29 is 33.6 Å². The lowest BCUT2D eigenvalue weighted by molar-refractivity contribution is -0.383. The molecule has 1 N–H and O–H groups in total. The van der Waals surface area contributed by atoms with Gasteiger partial charge in [-0.2, -0.15) is 0 Å². The molecule has 1 heterocycles. The van der Waals surface area contributed by atoms with Gasteiger partial charge in [0.15, 0.2) is 6.61 Å². The molecular weight excluding hydrogens is 470 g/mol. The van der Waals surface area contributed by atoms with Crippen molar-refractivity contribution in [1.82, 2.24) is 0 Å². The predicted molar refractivity (Wildman–Crippen MR) is 127 cm³/mol. The smallest absolute Gasteiger partial charge is 0.338 e. The van der Waals surface area contributed by atoms with E-state index in [-0.39, 0.29) is 40.6 Å². The number of imide groups is 1. The van der Waals surface area contributed by atoms with Crippen molar-refractivity contribution in [3.8, 4) is 5.75 Å². The Balaban J connectivity index is 1.37. The average molecular weight is 495 g/mol. The minimum Gasteiger partial charge on any atom is -0.497 e. The first-order chi connectivity index (χ1) is 17.2. The number of hydrogen-bond acceptors (Lipinski definition) is 8. The molecule has 2 aromatic carbocycles. The molecule has 4 rings (SSSR count). The van der Waals surface area contributed by atoms with Crippen molar-refractivity contribution in [2.75, 3.05) is 23.9 Å². The molecule has 0 unspecified atom stereocenters. The van der Waals surface area contributed by atoms with Gasteiger partial charge >= 0.3 is 5.97 Å². The normalized spacial score (nSPS) is 21.1. The lowest BCUT2D eigenvalue weighted by atomic mass is 9.76. The van der Waals surface area contributed by atoms with E-state index in [1.807, 2.05) is 0 Å². The Kier molecular flexibility index (Phi) is 7.00. The van der Waals surface area contributed by atoms with E-state index < -0.39 is 23.4 Å². The number of benzene rings is 2. The maximum atomic E-state index is 12.9. The van der Waals surface area contributed by atoms with Crippen molar-refractivity contribution in [3.63, 3.8) is 0 Å². The van der Waals surface area contributed by atoms with Gasteiger partial charge in [-0.3, -0.25) is 29.4 Å². The fraction of sp³-hybridized carbons (Fsp3) is 0.360. The van der Waals surface area contributed by atoms with Crippen molar-refractivity contribution in [2.45, 2.75) is 26.2 Å². The molecular formula is C25H25N3O8. The van der Waals surface area contributed by atoms with Gasteiger partial charge in [0.25, 0.3) is 11.6 Å². The SMILES string of the molecule is COc1ccc([N+](=O)[O-])c(NC(=O)COC(=O)c2ccc(N3C(=O)[C@H]4C[C@@H](C)CC[C@H]4C3=O)cc2)c1. The zero-order chi connectivity index (χ0) is 26.0. The summed E-state index contributed by atoms with van der Waals surface area (Å²) in [6.07, 6.45) is 2.30. The number of fused-ring (bicyclic) bond motifs is 1. The quantitative estimate of drug-likeness (QED) is 0.266. The number of ether oxygens (including phenoxy) is 2. The van der Waals surface area contributed by atoms with E-state index in [9.17, 15) is 29.3 Å². The highest BCUT2D eigenvalue weighted by molar-refractivity contribution is 6.22. The molecule has 2 aliphatic rings. The highest BCUT2D eigenvalue weighted by Crippen LogP contribution is 2.42. The summed E-state index contributed by atoms with van der Waals surface area (Å²) in [7, 11) is 1.38. The summed E-state index contributed by atoms with van der Waals surface area (Å²) in [6.45, 7) is 1.40. The Morgan fingerprint density at radius 2 is 1.78 bits per heavy atom. The molecule has 2 aromatic rings. The third-order valence-electron chi connectivity index (χ3n) is 6.56. The van der Waals surface area contributed by atoms with Gasteiger partial charge in [-0.1, -0.05) is 6.92 Å². The van der Waals surface area contributed by atoms with E-state index in [1.54, 1.807) is 0 Å². The molecule has 0 bridgehead atoms. The minimum absolute atomic E-state index is 0.0975. The molecule has 0 aromatic heterocycles. The Labute approximate surface area is 206 Å². The molecule has 1 aliphatic carbocycles. The number of nitro groups is 1. The Morgan fingerprint density at radius 3 is 2.44 bits per heavy atom. The van der Waals surface area contributed by atoms with E-state index in [4.69, 9.17) is 9.47 Å². The number of esters is 1. The maximum Gasteiger partial charge on any atom is 0.338 e. The topological polar surface area (TPSA) is 145 Å². The van der Waals surface area contributed by atoms with E-state index in [0.29, 0.717) is 30.2 Å². The lowest BCUT2D eigenvalue weighted by Crippen LogP contribution is -2.30. The molecule has 36 heavy (non-hydrogen) atoms. The Bertz CT molecular complexity index is 1230. The molecule has 11 nitrogen and oxygen atoms in total. The Hall–Kier alpha value is -4.28. The first-order valence-electron chi connectivity index (χ1n) is 11.5. The van der Waals surface area contributed by atoms with E-state index in [1.165, 1.54) is 54.5 Å². The third-order valence-corrected chi connectivity index (χ3v) is 6.56. The van der Waals surface area contributed by atoms with Gasteiger partial charge in [0.05, 0.1) is 35.1 Å². The first-order valence-corrected chi connectivity index (χ1v) is 11.5. The lowest BCUT2D eigenvalue weighted by Gasteiger charge is -2.25. The summed E-state index contributed by atoms with van der Waals surface area (Å²) in [5.41, 5.74) is 0.0572. The number of rotatable bonds is 7. The molecule has 1 aliphatic heterocycles. The van der Waals surface area contributed by atoms with Gasteiger partial charge in [0.1, 0.15) is 11.4 Å². The summed E-state index contributed by atoms with van der Waals surface area (Å²) >= 11 is 0. The van der Waals surface area contributed by atoms with Gasteiger partial charge in [-0.25, -0.2) is 4.79 Å². The second kappa shape index (κ2) is 10.1. The predicted octanol–water partition coefficient (Wildman–Crippen LogP) is 3.32. The van der Waals surface area contributed by atoms with Crippen LogP contribution in [0.2, 0.25) is 0 Å². The Morgan fingerprint density at radius 1 is 1.08 bits per heavy atom. The number of nitro benzene ring substituents is 1. The number of nitrogens with zero attached hydrogens (tertiary/aromatic N) is 2. The fourth-order valence-corrected chi connectivity index (χ4v) is 4.69. The van der Waals surface area contributed by atoms with Gasteiger partial charge in [0, 0.05) is 12.1 Å². The van der Waals surface area contributed by atoms with E-state index in [2.05, 4.69) is 12.2 Å². The number of nitrogens with one attached hydrogen (secondary N) is 1. The molecule has 11 heteroatoms. The molecule has 3 amide bonds. The molecule has 1 saturated heterocycles. The van der Waals surface area contributed by atoms with Gasteiger partial charge < -0.3 is 14.8 Å². The zero-order valence-corrected chi connectivity index (χ0v) is 19.8. The third kappa shape index (κ3) is 4.90. The van der Waals surface area contributed by atoms with Gasteiger partial charge in [-0.05, 0) is 55.5 Å². The van der Waals surface area contributed by atoms with Crippen LogP contribution < -0.4 is 15.0 Å². The summed E-state index contributed by atoms with van der Waals surface area (Å²) in [5, 5.41) is 13.5. The number of anilines is 2. The fourth-order valence-electron chi connectivity index (χ4n) is 4.69. The van der Waals surface area contributed by atoms with Crippen LogP contribution in [-0.4, -0.2) is 42.3 Å². The van der Waals surface area contributed by atoms with Crippen LogP contribution in [-0.2, 0) is 19.1 Å². The second-order valence-corrected chi connectivity index (χ2v) is 8.95. The van der Waals surface area contributed by atoms with Gasteiger partial charge in [0.2, 0.25) is 11.8 Å². The maximum absolute atomic E-state index is 12.9. The molecule has 2 fully saturated rings. The van der Waals surface area contributed by atoms with E-state index in [0.717, 1.165) is 6.42 Å². The van der Waals surface area contributed by atoms with Crippen LogP contribution in [0, 0.1) is 27.9 Å². The summed E-state index contributed by atoms with van der Waals surface area (Å²) < 4.78 is 10.0.